The Bertz CT molecular complexity index is 181. The van der Waals surface area contributed by atoms with Gasteiger partial charge in [0, 0.05) is 31.8 Å². The largest absolute Gasteiger partial charge is 0.378 e. The third-order valence-corrected chi connectivity index (χ3v) is 3.54. The van der Waals surface area contributed by atoms with Gasteiger partial charge in [-0.1, -0.05) is 0 Å². The van der Waals surface area contributed by atoms with E-state index in [1.807, 2.05) is 0 Å². The third-order valence-electron chi connectivity index (χ3n) is 3.54. The van der Waals surface area contributed by atoms with Gasteiger partial charge in [0.1, 0.15) is 0 Å². The molecule has 1 N–H and O–H groups in total. The minimum Gasteiger partial charge on any atom is -0.378 e. The first kappa shape index (κ1) is 14.9. The topological polar surface area (TPSA) is 24.5 Å². The first-order valence-corrected chi connectivity index (χ1v) is 7.19. The lowest BCUT2D eigenvalue weighted by Gasteiger charge is -2.30. The highest BCUT2D eigenvalue weighted by molar-refractivity contribution is 4.69. The standard InChI is InChI=1S/C14H30N2O/c1-12(2)16(13(3)4)10-9-15-8-7-14-6-5-11-17-14/h12-15H,5-11H2,1-4H3. The van der Waals surface area contributed by atoms with Crippen LogP contribution >= 0.6 is 0 Å². The predicted octanol–water partition coefficient (Wildman–Crippen LogP) is 2.26. The number of hydrogen-bond donors (Lipinski definition) is 1. The fourth-order valence-electron chi connectivity index (χ4n) is 2.58. The summed E-state index contributed by atoms with van der Waals surface area (Å²) in [6.07, 6.45) is 4.20. The van der Waals surface area contributed by atoms with Gasteiger partial charge in [0.15, 0.2) is 0 Å². The van der Waals surface area contributed by atoms with Gasteiger partial charge in [-0.2, -0.15) is 0 Å². The summed E-state index contributed by atoms with van der Waals surface area (Å²) in [5.74, 6) is 0. The summed E-state index contributed by atoms with van der Waals surface area (Å²) < 4.78 is 5.61. The van der Waals surface area contributed by atoms with Gasteiger partial charge in [-0.15, -0.1) is 0 Å². The van der Waals surface area contributed by atoms with Gasteiger partial charge in [-0.05, 0) is 53.5 Å². The molecule has 0 aliphatic carbocycles. The predicted molar refractivity (Wildman–Crippen MR) is 73.4 cm³/mol. The lowest BCUT2D eigenvalue weighted by atomic mass is 10.2. The van der Waals surface area contributed by atoms with Gasteiger partial charge in [0.05, 0.1) is 6.10 Å². The summed E-state index contributed by atoms with van der Waals surface area (Å²) in [5, 5.41) is 3.53. The van der Waals surface area contributed by atoms with Crippen LogP contribution in [0.2, 0.25) is 0 Å². The van der Waals surface area contributed by atoms with Gasteiger partial charge in [-0.25, -0.2) is 0 Å². The van der Waals surface area contributed by atoms with E-state index in [-0.39, 0.29) is 0 Å². The Kier molecular flexibility index (Phi) is 7.09. The Morgan fingerprint density at radius 3 is 2.41 bits per heavy atom. The maximum absolute atomic E-state index is 5.61. The normalized spacial score (nSPS) is 21.0. The average Bonchev–Trinajstić information content (AvgIpc) is 2.74. The second-order valence-electron chi connectivity index (χ2n) is 5.60. The Morgan fingerprint density at radius 1 is 1.18 bits per heavy atom. The van der Waals surface area contributed by atoms with Crippen LogP contribution < -0.4 is 5.32 Å². The molecule has 1 heterocycles. The molecular formula is C14H30N2O. The first-order chi connectivity index (χ1) is 8.11. The van der Waals surface area contributed by atoms with Crippen molar-refractivity contribution in [1.29, 1.82) is 0 Å². The van der Waals surface area contributed by atoms with E-state index < -0.39 is 0 Å². The SMILES string of the molecule is CC(C)N(CCNCCC1CCCO1)C(C)C. The molecule has 1 rings (SSSR count). The minimum absolute atomic E-state index is 0.522. The highest BCUT2D eigenvalue weighted by atomic mass is 16.5. The van der Waals surface area contributed by atoms with Gasteiger partial charge >= 0.3 is 0 Å². The molecular weight excluding hydrogens is 212 g/mol. The van der Waals surface area contributed by atoms with Crippen molar-refractivity contribution in [1.82, 2.24) is 10.2 Å². The summed E-state index contributed by atoms with van der Waals surface area (Å²) in [4.78, 5) is 2.53. The van der Waals surface area contributed by atoms with Crippen molar-refractivity contribution >= 4 is 0 Å². The molecule has 0 aromatic rings. The maximum atomic E-state index is 5.61. The van der Waals surface area contributed by atoms with E-state index in [2.05, 4.69) is 37.9 Å². The molecule has 17 heavy (non-hydrogen) atoms. The molecule has 1 unspecified atom stereocenters. The molecule has 1 aliphatic rings. The molecule has 102 valence electrons. The molecule has 1 saturated heterocycles. The average molecular weight is 242 g/mol. The molecule has 0 aromatic heterocycles. The quantitative estimate of drug-likeness (QED) is 0.661. The van der Waals surface area contributed by atoms with Gasteiger partial charge in [0.2, 0.25) is 0 Å². The zero-order chi connectivity index (χ0) is 12.7. The fourth-order valence-corrected chi connectivity index (χ4v) is 2.58. The highest BCUT2D eigenvalue weighted by Gasteiger charge is 2.15. The molecule has 0 aromatic carbocycles. The summed E-state index contributed by atoms with van der Waals surface area (Å²) >= 11 is 0. The van der Waals surface area contributed by atoms with E-state index >= 15 is 0 Å². The Balaban J connectivity index is 2.01. The van der Waals surface area contributed by atoms with Crippen LogP contribution in [0.4, 0.5) is 0 Å². The van der Waals surface area contributed by atoms with Crippen molar-refractivity contribution in [3.05, 3.63) is 0 Å². The second-order valence-corrected chi connectivity index (χ2v) is 5.60. The molecule has 1 atom stereocenters. The molecule has 0 radical (unpaired) electrons. The van der Waals surface area contributed by atoms with Crippen LogP contribution in [-0.2, 0) is 4.74 Å². The number of hydrogen-bond acceptors (Lipinski definition) is 3. The molecule has 0 spiro atoms. The smallest absolute Gasteiger partial charge is 0.0588 e. The molecule has 1 fully saturated rings. The number of rotatable bonds is 8. The van der Waals surface area contributed by atoms with Crippen molar-refractivity contribution < 1.29 is 4.74 Å². The summed E-state index contributed by atoms with van der Waals surface area (Å²) in [6, 6.07) is 1.27. The van der Waals surface area contributed by atoms with E-state index in [9.17, 15) is 0 Å². The lowest BCUT2D eigenvalue weighted by molar-refractivity contribution is 0.103. The van der Waals surface area contributed by atoms with Crippen molar-refractivity contribution in [2.75, 3.05) is 26.2 Å². The Labute approximate surface area is 107 Å². The molecule has 3 nitrogen and oxygen atoms in total. The van der Waals surface area contributed by atoms with E-state index in [4.69, 9.17) is 4.74 Å². The summed E-state index contributed by atoms with van der Waals surface area (Å²) in [5.41, 5.74) is 0. The maximum Gasteiger partial charge on any atom is 0.0588 e. The summed E-state index contributed by atoms with van der Waals surface area (Å²) in [7, 11) is 0. The molecule has 1 aliphatic heterocycles. The lowest BCUT2D eigenvalue weighted by Crippen LogP contribution is -2.41. The van der Waals surface area contributed by atoms with Gasteiger partial charge < -0.3 is 10.1 Å². The van der Waals surface area contributed by atoms with Crippen LogP contribution in [0, 0.1) is 0 Å². The number of ether oxygens (including phenoxy) is 1. The van der Waals surface area contributed by atoms with E-state index in [0.29, 0.717) is 18.2 Å². The zero-order valence-corrected chi connectivity index (χ0v) is 12.0. The van der Waals surface area contributed by atoms with Crippen molar-refractivity contribution in [3.8, 4) is 0 Å². The van der Waals surface area contributed by atoms with Crippen molar-refractivity contribution in [3.63, 3.8) is 0 Å². The van der Waals surface area contributed by atoms with E-state index in [0.717, 1.165) is 26.2 Å². The molecule has 3 heteroatoms. The zero-order valence-electron chi connectivity index (χ0n) is 12.0. The fraction of sp³-hybridized carbons (Fsp3) is 1.00. The Morgan fingerprint density at radius 2 is 1.88 bits per heavy atom. The first-order valence-electron chi connectivity index (χ1n) is 7.19. The molecule has 0 amide bonds. The number of nitrogens with one attached hydrogen (secondary N) is 1. The monoisotopic (exact) mass is 242 g/mol. The van der Waals surface area contributed by atoms with Crippen LogP contribution in [0.1, 0.15) is 47.0 Å². The van der Waals surface area contributed by atoms with Crippen LogP contribution in [0.15, 0.2) is 0 Å². The van der Waals surface area contributed by atoms with E-state index in [1.165, 1.54) is 19.3 Å². The third kappa shape index (κ3) is 5.84. The number of nitrogens with zero attached hydrogens (tertiary/aromatic N) is 1. The van der Waals surface area contributed by atoms with Crippen LogP contribution in [0.5, 0.6) is 0 Å². The van der Waals surface area contributed by atoms with Crippen LogP contribution in [0.3, 0.4) is 0 Å². The van der Waals surface area contributed by atoms with Crippen molar-refractivity contribution in [2.24, 2.45) is 0 Å². The van der Waals surface area contributed by atoms with Crippen molar-refractivity contribution in [2.45, 2.75) is 65.1 Å². The second kappa shape index (κ2) is 8.06. The van der Waals surface area contributed by atoms with Crippen LogP contribution in [0.25, 0.3) is 0 Å². The molecule has 0 bridgehead atoms. The van der Waals surface area contributed by atoms with E-state index in [1.54, 1.807) is 0 Å². The molecule has 0 saturated carbocycles. The van der Waals surface area contributed by atoms with Gasteiger partial charge in [0.25, 0.3) is 0 Å². The highest BCUT2D eigenvalue weighted by Crippen LogP contribution is 2.14. The minimum atomic E-state index is 0.522. The van der Waals surface area contributed by atoms with Crippen LogP contribution in [-0.4, -0.2) is 49.3 Å². The summed E-state index contributed by atoms with van der Waals surface area (Å²) in [6.45, 7) is 13.4. The van der Waals surface area contributed by atoms with Gasteiger partial charge in [-0.3, -0.25) is 4.90 Å². The Hall–Kier alpha value is -0.120.